The molecule has 0 bridgehead atoms. The van der Waals surface area contributed by atoms with Crippen LogP contribution in [0.2, 0.25) is 0 Å². The summed E-state index contributed by atoms with van der Waals surface area (Å²) in [5.41, 5.74) is 8.01. The second kappa shape index (κ2) is 8.05. The second-order valence-corrected chi connectivity index (χ2v) is 6.31. The van der Waals surface area contributed by atoms with E-state index in [9.17, 15) is 8.78 Å². The van der Waals surface area contributed by atoms with E-state index in [1.54, 1.807) is 36.5 Å². The average Bonchev–Trinajstić information content (AvgIpc) is 3.18. The predicted molar refractivity (Wildman–Crippen MR) is 102 cm³/mol. The molecule has 0 saturated heterocycles. The fraction of sp³-hybridized carbons (Fsp3) is 0.0952. The van der Waals surface area contributed by atoms with Crippen LogP contribution in [0.25, 0.3) is 11.3 Å². The summed E-state index contributed by atoms with van der Waals surface area (Å²) >= 11 is 0. The summed E-state index contributed by atoms with van der Waals surface area (Å²) in [6, 6.07) is 12.6. The molecular weight excluding hydrogens is 378 g/mol. The Bertz CT molecular complexity index is 1130. The lowest BCUT2D eigenvalue weighted by Gasteiger charge is -2.07. The van der Waals surface area contributed by atoms with E-state index >= 15 is 0 Å². The molecule has 2 N–H and O–H groups in total. The Morgan fingerprint density at radius 2 is 1.90 bits per heavy atom. The highest BCUT2D eigenvalue weighted by Gasteiger charge is 2.13. The third-order valence-corrected chi connectivity index (χ3v) is 4.23. The van der Waals surface area contributed by atoms with Crippen LogP contribution in [0.5, 0.6) is 5.75 Å². The molecule has 0 aliphatic heterocycles. The van der Waals surface area contributed by atoms with E-state index in [-0.39, 0.29) is 13.0 Å². The second-order valence-electron chi connectivity index (χ2n) is 6.31. The maximum atomic E-state index is 14.5. The van der Waals surface area contributed by atoms with Crippen LogP contribution in [0.4, 0.5) is 14.6 Å². The molecule has 3 aromatic heterocycles. The molecule has 3 heterocycles. The lowest BCUT2D eigenvalue weighted by atomic mass is 10.1. The van der Waals surface area contributed by atoms with Gasteiger partial charge in [0.1, 0.15) is 29.8 Å². The molecule has 4 rings (SSSR count). The van der Waals surface area contributed by atoms with E-state index in [0.717, 1.165) is 6.20 Å². The number of hydrogen-bond acceptors (Lipinski definition) is 6. The van der Waals surface area contributed by atoms with E-state index in [1.807, 2.05) is 0 Å². The van der Waals surface area contributed by atoms with E-state index in [4.69, 9.17) is 15.0 Å². The van der Waals surface area contributed by atoms with Gasteiger partial charge in [-0.3, -0.25) is 4.98 Å². The van der Waals surface area contributed by atoms with Crippen LogP contribution >= 0.6 is 0 Å². The van der Waals surface area contributed by atoms with Crippen molar-refractivity contribution in [2.75, 3.05) is 5.73 Å². The summed E-state index contributed by atoms with van der Waals surface area (Å²) in [5.74, 6) is 0.295. The lowest BCUT2D eigenvalue weighted by Crippen LogP contribution is -2.00. The molecule has 0 amide bonds. The first kappa shape index (κ1) is 18.5. The van der Waals surface area contributed by atoms with Gasteiger partial charge in [-0.1, -0.05) is 11.2 Å². The zero-order chi connectivity index (χ0) is 20.2. The highest BCUT2D eigenvalue weighted by molar-refractivity contribution is 5.69. The Morgan fingerprint density at radius 1 is 1.00 bits per heavy atom. The Hall–Kier alpha value is -3.81. The molecular formula is C21H16F2N4O2. The summed E-state index contributed by atoms with van der Waals surface area (Å²) < 4.78 is 38.2. The summed E-state index contributed by atoms with van der Waals surface area (Å²) in [6.45, 7) is 0.109. The van der Waals surface area contributed by atoms with Gasteiger partial charge in [0.25, 0.3) is 0 Å². The molecule has 0 aliphatic rings. The van der Waals surface area contributed by atoms with Gasteiger partial charge in [0.15, 0.2) is 5.76 Å². The molecule has 0 aliphatic carbocycles. The minimum Gasteiger partial charge on any atom is -0.487 e. The smallest absolute Gasteiger partial charge is 0.170 e. The first-order valence-electron chi connectivity index (χ1n) is 8.76. The van der Waals surface area contributed by atoms with Crippen molar-refractivity contribution < 1.29 is 18.0 Å². The van der Waals surface area contributed by atoms with Crippen LogP contribution in [0, 0.1) is 11.6 Å². The molecule has 4 aromatic rings. The van der Waals surface area contributed by atoms with E-state index in [0.29, 0.717) is 39.8 Å². The maximum absolute atomic E-state index is 14.5. The van der Waals surface area contributed by atoms with E-state index in [2.05, 4.69) is 15.1 Å². The quantitative estimate of drug-likeness (QED) is 0.528. The van der Waals surface area contributed by atoms with Gasteiger partial charge in [-0.25, -0.2) is 13.8 Å². The van der Waals surface area contributed by atoms with Gasteiger partial charge >= 0.3 is 0 Å². The van der Waals surface area contributed by atoms with Crippen LogP contribution in [0.15, 0.2) is 65.4 Å². The molecule has 146 valence electrons. The summed E-state index contributed by atoms with van der Waals surface area (Å²) in [5, 5.41) is 3.98. The Balaban J connectivity index is 1.43. The monoisotopic (exact) mass is 394 g/mol. The lowest BCUT2D eigenvalue weighted by molar-refractivity contribution is 0.299. The van der Waals surface area contributed by atoms with Crippen LogP contribution in [-0.4, -0.2) is 15.1 Å². The molecule has 0 fully saturated rings. The van der Waals surface area contributed by atoms with Crippen LogP contribution in [-0.2, 0) is 13.0 Å². The average molecular weight is 394 g/mol. The van der Waals surface area contributed by atoms with Crippen LogP contribution < -0.4 is 10.5 Å². The van der Waals surface area contributed by atoms with Crippen molar-refractivity contribution in [1.82, 2.24) is 15.1 Å². The number of benzene rings is 1. The Morgan fingerprint density at radius 3 is 2.66 bits per heavy atom. The molecule has 1 aromatic carbocycles. The van der Waals surface area contributed by atoms with E-state index in [1.165, 1.54) is 18.2 Å². The number of aromatic nitrogens is 3. The number of rotatable bonds is 6. The number of nitrogens with zero attached hydrogens (tertiary/aromatic N) is 3. The molecule has 8 heteroatoms. The van der Waals surface area contributed by atoms with Crippen molar-refractivity contribution in [3.8, 4) is 17.1 Å². The van der Waals surface area contributed by atoms with Crippen molar-refractivity contribution in [1.29, 1.82) is 0 Å². The summed E-state index contributed by atoms with van der Waals surface area (Å²) in [6.07, 6.45) is 2.93. The Kier molecular flexibility index (Phi) is 5.15. The van der Waals surface area contributed by atoms with Crippen LogP contribution in [0.3, 0.4) is 0 Å². The summed E-state index contributed by atoms with van der Waals surface area (Å²) in [4.78, 5) is 7.91. The number of nitrogen functional groups attached to an aromatic ring is 1. The van der Waals surface area contributed by atoms with Gasteiger partial charge in [0, 0.05) is 24.8 Å². The van der Waals surface area contributed by atoms with Crippen molar-refractivity contribution >= 4 is 5.82 Å². The molecule has 0 spiro atoms. The standard InChI is InChI=1S/C21H16F2N4O2/c22-14-4-5-15(26-11-14)12-28-17-6-3-13(19(23)10-17)8-16-9-20(29-27-16)18-2-1-7-25-21(18)24/h1-7,9-11H,8,12H2,(H2,24,25). The number of ether oxygens (including phenoxy) is 1. The largest absolute Gasteiger partial charge is 0.487 e. The molecule has 0 unspecified atom stereocenters. The fourth-order valence-corrected chi connectivity index (χ4v) is 2.75. The number of nitrogens with two attached hydrogens (primary N) is 1. The normalized spacial score (nSPS) is 10.8. The summed E-state index contributed by atoms with van der Waals surface area (Å²) in [7, 11) is 0. The van der Waals surface area contributed by atoms with Gasteiger partial charge in [-0.2, -0.15) is 0 Å². The van der Waals surface area contributed by atoms with Crippen molar-refractivity contribution in [3.05, 3.63) is 89.5 Å². The zero-order valence-corrected chi connectivity index (χ0v) is 15.2. The SMILES string of the molecule is Nc1ncccc1-c1cc(Cc2ccc(OCc3ccc(F)cn3)cc2F)no1. The predicted octanol–water partition coefficient (Wildman–Crippen LogP) is 4.16. The number of pyridine rings is 2. The van der Waals surface area contributed by atoms with Crippen molar-refractivity contribution in [3.63, 3.8) is 0 Å². The van der Waals surface area contributed by atoms with E-state index < -0.39 is 11.6 Å². The van der Waals surface area contributed by atoms with Gasteiger partial charge in [0.05, 0.1) is 23.1 Å². The minimum absolute atomic E-state index is 0.109. The van der Waals surface area contributed by atoms with Gasteiger partial charge < -0.3 is 15.0 Å². The fourth-order valence-electron chi connectivity index (χ4n) is 2.75. The maximum Gasteiger partial charge on any atom is 0.170 e. The van der Waals surface area contributed by atoms with Crippen LogP contribution in [0.1, 0.15) is 17.0 Å². The van der Waals surface area contributed by atoms with Crippen molar-refractivity contribution in [2.45, 2.75) is 13.0 Å². The minimum atomic E-state index is -0.431. The topological polar surface area (TPSA) is 87.1 Å². The highest BCUT2D eigenvalue weighted by atomic mass is 19.1. The van der Waals surface area contributed by atoms with Crippen molar-refractivity contribution in [2.24, 2.45) is 0 Å². The molecule has 0 saturated carbocycles. The van der Waals surface area contributed by atoms with Gasteiger partial charge in [-0.15, -0.1) is 0 Å². The molecule has 0 radical (unpaired) electrons. The molecule has 29 heavy (non-hydrogen) atoms. The third-order valence-electron chi connectivity index (χ3n) is 4.23. The van der Waals surface area contributed by atoms with Gasteiger partial charge in [0.2, 0.25) is 0 Å². The first-order chi connectivity index (χ1) is 14.1. The number of halogens is 2. The Labute approximate surface area is 165 Å². The first-order valence-corrected chi connectivity index (χ1v) is 8.76. The zero-order valence-electron chi connectivity index (χ0n) is 15.2. The van der Waals surface area contributed by atoms with Gasteiger partial charge in [-0.05, 0) is 35.9 Å². The molecule has 6 nitrogen and oxygen atoms in total. The third kappa shape index (κ3) is 4.37. The number of anilines is 1. The molecule has 0 atom stereocenters. The highest BCUT2D eigenvalue weighted by Crippen LogP contribution is 2.26. The number of hydrogen-bond donors (Lipinski definition) is 1.